The summed E-state index contributed by atoms with van der Waals surface area (Å²) in [4.78, 5) is 16.6. The molecule has 6 nitrogen and oxygen atoms in total. The van der Waals surface area contributed by atoms with Gasteiger partial charge in [-0.05, 0) is 100 Å². The SMILES string of the molecule is CC(OCCCCF)c1cc2cc3[nH]c(cc4nc(cc5nc(cc1[nH]2)C=C5)C=C4)cc3C(C)OCCCCF.[Na].[Na]. The molecule has 2 radical (unpaired) electrons. The van der Waals surface area contributed by atoms with Crippen LogP contribution in [0.3, 0.4) is 0 Å². The number of hydrogen-bond donors (Lipinski definition) is 2. The molecular weight excluding hydrogens is 556 g/mol. The summed E-state index contributed by atoms with van der Waals surface area (Å²) >= 11 is 0. The summed E-state index contributed by atoms with van der Waals surface area (Å²) in [5.41, 5.74) is 8.99. The number of alkyl halides is 2. The Morgan fingerprint density at radius 2 is 1.02 bits per heavy atom. The second-order valence-corrected chi connectivity index (χ2v) is 10.2. The molecule has 42 heavy (non-hydrogen) atoms. The molecule has 3 aromatic heterocycles. The summed E-state index contributed by atoms with van der Waals surface area (Å²) in [5.74, 6) is 0. The molecule has 0 amide bonds. The van der Waals surface area contributed by atoms with Gasteiger partial charge in [0.05, 0.1) is 48.3 Å². The maximum Gasteiger partial charge on any atom is 0.0895 e. The second-order valence-electron chi connectivity index (χ2n) is 10.2. The Balaban J connectivity index is 0.00000242. The number of aromatic amines is 2. The van der Waals surface area contributed by atoms with Gasteiger partial charge in [-0.3, -0.25) is 8.78 Å². The molecule has 0 fully saturated rings. The number of unbranched alkanes of at least 4 members (excludes halogenated alkanes) is 2. The first-order valence-electron chi connectivity index (χ1n) is 14.0. The Hall–Kier alpha value is -1.62. The summed E-state index contributed by atoms with van der Waals surface area (Å²) in [6, 6.07) is 12.2. The molecule has 0 spiro atoms. The van der Waals surface area contributed by atoms with E-state index in [1.165, 1.54) is 0 Å². The number of nitrogens with one attached hydrogen (secondary N) is 2. The molecule has 0 aromatic carbocycles. The maximum absolute atomic E-state index is 12.6. The zero-order chi connectivity index (χ0) is 27.9. The minimum atomic E-state index is -0.334. The van der Waals surface area contributed by atoms with E-state index < -0.39 is 0 Å². The van der Waals surface area contributed by atoms with E-state index in [0.29, 0.717) is 38.9 Å². The van der Waals surface area contributed by atoms with Gasteiger partial charge in [0.1, 0.15) is 0 Å². The van der Waals surface area contributed by atoms with E-state index in [-0.39, 0.29) is 84.7 Å². The fourth-order valence-corrected chi connectivity index (χ4v) is 4.90. The summed E-state index contributed by atoms with van der Waals surface area (Å²) < 4.78 is 37.3. The zero-order valence-electron chi connectivity index (χ0n) is 25.1. The minimum Gasteiger partial charge on any atom is -0.374 e. The molecule has 5 heterocycles. The Kier molecular flexibility index (Phi) is 14.1. The predicted octanol–water partition coefficient (Wildman–Crippen LogP) is 7.55. The van der Waals surface area contributed by atoms with Gasteiger partial charge in [0.15, 0.2) is 0 Å². The first kappa shape index (κ1) is 34.9. The number of rotatable bonds is 12. The average Bonchev–Trinajstić information content (AvgIpc) is 3.73. The fraction of sp³-hybridized carbons (Fsp3) is 0.375. The van der Waals surface area contributed by atoms with Crippen LogP contribution in [0.5, 0.6) is 0 Å². The van der Waals surface area contributed by atoms with E-state index in [0.717, 1.165) is 56.0 Å². The van der Waals surface area contributed by atoms with Crippen LogP contribution in [0.15, 0.2) is 36.4 Å². The Bertz CT molecular complexity index is 1550. The van der Waals surface area contributed by atoms with Crippen LogP contribution in [0.1, 0.15) is 85.6 Å². The number of fused-ring (bicyclic) bond motifs is 8. The Morgan fingerprint density at radius 1 is 0.595 bits per heavy atom. The van der Waals surface area contributed by atoms with Gasteiger partial charge in [0.25, 0.3) is 0 Å². The molecule has 0 aliphatic carbocycles. The zero-order valence-corrected chi connectivity index (χ0v) is 29.1. The third kappa shape index (κ3) is 9.19. The van der Waals surface area contributed by atoms with Crippen LogP contribution in [0.2, 0.25) is 0 Å². The van der Waals surface area contributed by atoms with Crippen molar-refractivity contribution in [3.05, 3.63) is 70.3 Å². The van der Waals surface area contributed by atoms with Gasteiger partial charge in [0.2, 0.25) is 0 Å². The number of H-pyrrole nitrogens is 2. The van der Waals surface area contributed by atoms with Crippen molar-refractivity contribution in [3.63, 3.8) is 0 Å². The molecule has 8 bridgehead atoms. The normalized spacial score (nSPS) is 13.4. The first-order valence-corrected chi connectivity index (χ1v) is 14.0. The van der Waals surface area contributed by atoms with Crippen LogP contribution in [-0.4, -0.2) is 106 Å². The fourth-order valence-electron chi connectivity index (χ4n) is 4.90. The van der Waals surface area contributed by atoms with Crippen molar-refractivity contribution in [3.8, 4) is 0 Å². The van der Waals surface area contributed by atoms with E-state index in [2.05, 4.69) is 28.2 Å². The van der Waals surface area contributed by atoms with E-state index >= 15 is 0 Å². The first-order chi connectivity index (χ1) is 19.5. The monoisotopic (exact) mass is 592 g/mol. The topological polar surface area (TPSA) is 75.8 Å². The van der Waals surface area contributed by atoms with E-state index in [4.69, 9.17) is 19.4 Å². The molecule has 2 N–H and O–H groups in total. The molecule has 10 heteroatoms. The van der Waals surface area contributed by atoms with Crippen molar-refractivity contribution < 1.29 is 18.3 Å². The van der Waals surface area contributed by atoms with E-state index in [1.807, 2.05) is 56.4 Å². The summed E-state index contributed by atoms with van der Waals surface area (Å²) in [5, 5.41) is 0. The van der Waals surface area contributed by atoms with Crippen molar-refractivity contribution in [1.82, 2.24) is 19.9 Å². The van der Waals surface area contributed by atoms with Gasteiger partial charge in [-0.1, -0.05) is 0 Å². The molecule has 212 valence electrons. The molecule has 2 unspecified atom stereocenters. The molecule has 0 saturated heterocycles. The summed E-state index contributed by atoms with van der Waals surface area (Å²) in [6.07, 6.45) is 9.90. The van der Waals surface area contributed by atoms with Gasteiger partial charge in [-0.15, -0.1) is 0 Å². The molecule has 2 atom stereocenters. The van der Waals surface area contributed by atoms with Gasteiger partial charge < -0.3 is 19.4 Å². The third-order valence-corrected chi connectivity index (χ3v) is 7.03. The standard InChI is InChI=1S/C32H36F2N4O2.2Na/c1-21(39-13-5-3-11-33)29-17-27-16-25-8-7-23(35-25)15-24-9-10-26(36-24)19-31-30(22(2)40-14-6-4-12-34)18-28(38-31)20-32(29)37-27;;/h7-10,15-22,37-38H,3-6,11-14H2,1-2H3;;. The second kappa shape index (κ2) is 17.0. The van der Waals surface area contributed by atoms with Crippen molar-refractivity contribution in [1.29, 1.82) is 0 Å². The third-order valence-electron chi connectivity index (χ3n) is 7.03. The van der Waals surface area contributed by atoms with E-state index in [1.54, 1.807) is 0 Å². The average molecular weight is 593 g/mol. The Morgan fingerprint density at radius 3 is 1.52 bits per heavy atom. The van der Waals surface area contributed by atoms with Gasteiger partial charge >= 0.3 is 0 Å². The Labute approximate surface area is 290 Å². The van der Waals surface area contributed by atoms with Crippen molar-refractivity contribution in [2.45, 2.75) is 51.7 Å². The van der Waals surface area contributed by atoms with Crippen LogP contribution in [0.25, 0.3) is 46.4 Å². The molecular formula is C32H36F2N4Na2O2. The maximum atomic E-state index is 12.6. The van der Waals surface area contributed by atoms with Crippen LogP contribution in [0, 0.1) is 0 Å². The number of nitrogens with zero attached hydrogens (tertiary/aromatic N) is 2. The van der Waals surface area contributed by atoms with Crippen LogP contribution < -0.4 is 0 Å². The van der Waals surface area contributed by atoms with Crippen LogP contribution in [0.4, 0.5) is 8.78 Å². The predicted molar refractivity (Wildman–Crippen MR) is 170 cm³/mol. The molecule has 2 aliphatic heterocycles. The minimum absolute atomic E-state index is 0. The molecule has 2 aliphatic rings. The van der Waals surface area contributed by atoms with Crippen molar-refractivity contribution in [2.75, 3.05) is 26.6 Å². The van der Waals surface area contributed by atoms with Crippen LogP contribution >= 0.6 is 0 Å². The largest absolute Gasteiger partial charge is 0.374 e. The number of hydrogen-bond acceptors (Lipinski definition) is 4. The van der Waals surface area contributed by atoms with Crippen molar-refractivity contribution >= 4 is 105 Å². The number of ether oxygens (including phenoxy) is 2. The quantitative estimate of drug-likeness (QED) is 0.116. The van der Waals surface area contributed by atoms with E-state index in [9.17, 15) is 8.78 Å². The molecule has 5 rings (SSSR count). The molecule has 0 saturated carbocycles. The summed E-state index contributed by atoms with van der Waals surface area (Å²) in [7, 11) is 0. The number of aromatic nitrogens is 4. The van der Waals surface area contributed by atoms with Gasteiger partial charge in [0, 0.05) is 106 Å². The molecule has 3 aromatic rings. The smallest absolute Gasteiger partial charge is 0.0895 e. The summed E-state index contributed by atoms with van der Waals surface area (Å²) in [6.45, 7) is 4.35. The van der Waals surface area contributed by atoms with Crippen LogP contribution in [-0.2, 0) is 9.47 Å². The van der Waals surface area contributed by atoms with Gasteiger partial charge in [-0.25, -0.2) is 9.97 Å². The van der Waals surface area contributed by atoms with Crippen molar-refractivity contribution in [2.24, 2.45) is 0 Å². The number of halogens is 2. The van der Waals surface area contributed by atoms with Gasteiger partial charge in [-0.2, -0.15) is 0 Å².